The van der Waals surface area contributed by atoms with Crippen LogP contribution in [-0.2, 0) is 20.7 Å². The van der Waals surface area contributed by atoms with E-state index in [1.54, 1.807) is 20.8 Å². The van der Waals surface area contributed by atoms with Crippen LogP contribution in [0.3, 0.4) is 0 Å². The van der Waals surface area contributed by atoms with E-state index < -0.39 is 17.6 Å². The van der Waals surface area contributed by atoms with Gasteiger partial charge in [-0.3, -0.25) is 4.79 Å². The van der Waals surface area contributed by atoms with Crippen LogP contribution in [-0.4, -0.2) is 30.1 Å². The highest BCUT2D eigenvalue weighted by molar-refractivity contribution is 5.85. The van der Waals surface area contributed by atoms with Gasteiger partial charge in [-0.15, -0.1) is 0 Å². The smallest absolute Gasteiger partial charge is 0.329 e. The summed E-state index contributed by atoms with van der Waals surface area (Å²) in [6.07, 6.45) is 0.376. The van der Waals surface area contributed by atoms with Crippen LogP contribution in [0.15, 0.2) is 30.3 Å². The van der Waals surface area contributed by atoms with E-state index in [9.17, 15) is 9.59 Å². The van der Waals surface area contributed by atoms with Crippen molar-refractivity contribution in [2.75, 3.05) is 6.54 Å². The van der Waals surface area contributed by atoms with Crippen molar-refractivity contribution in [3.8, 4) is 0 Å². The highest BCUT2D eigenvalue weighted by Gasteiger charge is 2.26. The second kappa shape index (κ2) is 7.05. The molecule has 0 bridgehead atoms. The second-order valence-electron chi connectivity index (χ2n) is 5.55. The van der Waals surface area contributed by atoms with Gasteiger partial charge >= 0.3 is 5.97 Å². The summed E-state index contributed by atoms with van der Waals surface area (Å²) < 4.78 is 5.32. The lowest BCUT2D eigenvalue weighted by Crippen LogP contribution is -2.47. The Kier molecular flexibility index (Phi) is 5.70. The normalized spacial score (nSPS) is 12.6. The van der Waals surface area contributed by atoms with Crippen molar-refractivity contribution >= 4 is 11.9 Å². The highest BCUT2D eigenvalue weighted by atomic mass is 16.6. The predicted octanol–water partition coefficient (Wildman–Crippen LogP) is 1.01. The molecule has 0 fully saturated rings. The molecule has 0 aromatic heterocycles. The summed E-state index contributed by atoms with van der Waals surface area (Å²) >= 11 is 0. The summed E-state index contributed by atoms with van der Waals surface area (Å²) in [6, 6.07) is 8.72. The third-order valence-electron chi connectivity index (χ3n) is 2.49. The number of nitrogens with two attached hydrogens (primary N) is 1. The maximum absolute atomic E-state index is 12.1. The maximum Gasteiger partial charge on any atom is 0.329 e. The lowest BCUT2D eigenvalue weighted by molar-refractivity contribution is -0.158. The summed E-state index contributed by atoms with van der Waals surface area (Å²) in [6.45, 7) is 5.20. The minimum atomic E-state index is -0.729. The van der Waals surface area contributed by atoms with Crippen LogP contribution in [0.4, 0.5) is 0 Å². The molecule has 5 nitrogen and oxygen atoms in total. The molecule has 0 saturated carbocycles. The zero-order valence-corrected chi connectivity index (χ0v) is 12.2. The molecule has 1 aromatic carbocycles. The van der Waals surface area contributed by atoms with E-state index in [-0.39, 0.29) is 12.5 Å². The first kappa shape index (κ1) is 16.2. The minimum Gasteiger partial charge on any atom is -0.458 e. The summed E-state index contributed by atoms with van der Waals surface area (Å²) in [4.78, 5) is 23.6. The number of rotatable bonds is 5. The fourth-order valence-corrected chi connectivity index (χ4v) is 1.67. The molecule has 3 N–H and O–H groups in total. The summed E-state index contributed by atoms with van der Waals surface area (Å²) in [5, 5.41) is 2.60. The van der Waals surface area contributed by atoms with Gasteiger partial charge in [0.15, 0.2) is 0 Å². The Morgan fingerprint density at radius 1 is 1.25 bits per heavy atom. The first-order valence-electron chi connectivity index (χ1n) is 6.58. The first-order valence-corrected chi connectivity index (χ1v) is 6.58. The zero-order chi connectivity index (χ0) is 15.2. The zero-order valence-electron chi connectivity index (χ0n) is 12.2. The summed E-state index contributed by atoms with van der Waals surface area (Å²) in [5.41, 5.74) is 5.62. The van der Waals surface area contributed by atoms with Gasteiger partial charge in [0.25, 0.3) is 0 Å². The van der Waals surface area contributed by atoms with E-state index in [4.69, 9.17) is 10.5 Å². The van der Waals surface area contributed by atoms with Crippen LogP contribution in [0.1, 0.15) is 26.3 Å². The van der Waals surface area contributed by atoms with Crippen molar-refractivity contribution in [3.05, 3.63) is 35.9 Å². The number of carbonyl (C=O) groups excluding carboxylic acids is 2. The topological polar surface area (TPSA) is 81.4 Å². The van der Waals surface area contributed by atoms with Gasteiger partial charge < -0.3 is 15.8 Å². The molecule has 0 heterocycles. The summed E-state index contributed by atoms with van der Waals surface area (Å²) in [5.74, 6) is -0.833. The van der Waals surface area contributed by atoms with Gasteiger partial charge in [0, 0.05) is 6.42 Å². The third-order valence-corrected chi connectivity index (χ3v) is 2.49. The Morgan fingerprint density at radius 2 is 1.85 bits per heavy atom. The second-order valence-corrected chi connectivity index (χ2v) is 5.55. The molecule has 1 atom stereocenters. The average Bonchev–Trinajstić information content (AvgIpc) is 2.37. The predicted molar refractivity (Wildman–Crippen MR) is 77.0 cm³/mol. The molecule has 110 valence electrons. The molecule has 0 radical (unpaired) electrons. The lowest BCUT2D eigenvalue weighted by atomic mass is 10.1. The number of hydrogen-bond donors (Lipinski definition) is 2. The minimum absolute atomic E-state index is 0.159. The quantitative estimate of drug-likeness (QED) is 0.788. The number of benzene rings is 1. The van der Waals surface area contributed by atoms with Gasteiger partial charge in [-0.2, -0.15) is 0 Å². The standard InChI is InChI=1S/C15H22N2O3/c1-15(2,3)20-14(19)12(17-13(18)10-16)9-11-7-5-4-6-8-11/h4-8,12H,9-10,16H2,1-3H3,(H,17,18)/t12-/m0/s1. The van der Waals surface area contributed by atoms with Crippen LogP contribution in [0.25, 0.3) is 0 Å². The lowest BCUT2D eigenvalue weighted by Gasteiger charge is -2.24. The Bertz CT molecular complexity index is 452. The molecule has 0 aliphatic heterocycles. The molecule has 20 heavy (non-hydrogen) atoms. The van der Waals surface area contributed by atoms with Gasteiger partial charge in [0.05, 0.1) is 6.54 Å². The van der Waals surface area contributed by atoms with Crippen LogP contribution >= 0.6 is 0 Å². The monoisotopic (exact) mass is 278 g/mol. The van der Waals surface area contributed by atoms with Gasteiger partial charge in [-0.05, 0) is 26.3 Å². The van der Waals surface area contributed by atoms with E-state index in [0.717, 1.165) is 5.56 Å². The van der Waals surface area contributed by atoms with Crippen LogP contribution in [0.5, 0.6) is 0 Å². The molecule has 0 aliphatic rings. The van der Waals surface area contributed by atoms with Gasteiger partial charge in [0.2, 0.25) is 5.91 Å². The van der Waals surface area contributed by atoms with Crippen molar-refractivity contribution in [3.63, 3.8) is 0 Å². The maximum atomic E-state index is 12.1. The molecule has 0 unspecified atom stereocenters. The number of hydrogen-bond acceptors (Lipinski definition) is 4. The Balaban J connectivity index is 2.79. The van der Waals surface area contributed by atoms with Crippen molar-refractivity contribution < 1.29 is 14.3 Å². The highest BCUT2D eigenvalue weighted by Crippen LogP contribution is 2.11. The number of ether oxygens (including phenoxy) is 1. The number of nitrogens with one attached hydrogen (secondary N) is 1. The van der Waals surface area contributed by atoms with Crippen molar-refractivity contribution in [1.82, 2.24) is 5.32 Å². The molecular weight excluding hydrogens is 256 g/mol. The molecule has 1 aromatic rings. The van der Waals surface area contributed by atoms with E-state index in [0.29, 0.717) is 6.42 Å². The van der Waals surface area contributed by atoms with Gasteiger partial charge in [0.1, 0.15) is 11.6 Å². The Morgan fingerprint density at radius 3 is 2.35 bits per heavy atom. The third kappa shape index (κ3) is 5.84. The largest absolute Gasteiger partial charge is 0.458 e. The van der Waals surface area contributed by atoms with Crippen molar-refractivity contribution in [2.24, 2.45) is 5.73 Å². The van der Waals surface area contributed by atoms with Gasteiger partial charge in [-0.25, -0.2) is 4.79 Å². The first-order chi connectivity index (χ1) is 9.31. The number of amides is 1. The van der Waals surface area contributed by atoms with Crippen molar-refractivity contribution in [2.45, 2.75) is 38.8 Å². The van der Waals surface area contributed by atoms with E-state index in [1.807, 2.05) is 30.3 Å². The molecule has 1 rings (SSSR count). The van der Waals surface area contributed by atoms with Crippen molar-refractivity contribution in [1.29, 1.82) is 0 Å². The number of carbonyl (C=O) groups is 2. The van der Waals surface area contributed by atoms with Crippen LogP contribution < -0.4 is 11.1 Å². The van der Waals surface area contributed by atoms with Crippen LogP contribution in [0, 0.1) is 0 Å². The fraction of sp³-hybridized carbons (Fsp3) is 0.467. The average molecular weight is 278 g/mol. The molecule has 0 aliphatic carbocycles. The Hall–Kier alpha value is -1.88. The molecule has 1 amide bonds. The van der Waals surface area contributed by atoms with Crippen LogP contribution in [0.2, 0.25) is 0 Å². The van der Waals surface area contributed by atoms with Gasteiger partial charge in [-0.1, -0.05) is 30.3 Å². The molecule has 0 spiro atoms. The van der Waals surface area contributed by atoms with E-state index in [2.05, 4.69) is 5.32 Å². The molecule has 0 saturated heterocycles. The SMILES string of the molecule is CC(C)(C)OC(=O)[C@H](Cc1ccccc1)NC(=O)CN. The van der Waals surface area contributed by atoms with E-state index >= 15 is 0 Å². The molecular formula is C15H22N2O3. The summed E-state index contributed by atoms with van der Waals surface area (Å²) in [7, 11) is 0. The van der Waals surface area contributed by atoms with E-state index in [1.165, 1.54) is 0 Å². The number of esters is 1. The Labute approximate surface area is 119 Å². The fourth-order valence-electron chi connectivity index (χ4n) is 1.67. The molecule has 5 heteroatoms.